The quantitative estimate of drug-likeness (QED) is 0.750. The van der Waals surface area contributed by atoms with Crippen molar-refractivity contribution in [3.05, 3.63) is 5.89 Å². The highest BCUT2D eigenvalue weighted by Crippen LogP contribution is 2.16. The predicted octanol–water partition coefficient (Wildman–Crippen LogP) is 0.611. The molecule has 0 aromatic carbocycles. The zero-order chi connectivity index (χ0) is 14.5. The number of nitrogens with one attached hydrogen (secondary N) is 1. The van der Waals surface area contributed by atoms with E-state index in [1.165, 1.54) is 6.26 Å². The number of hydrogen-bond acceptors (Lipinski definition) is 7. The van der Waals surface area contributed by atoms with E-state index in [2.05, 4.69) is 22.4 Å². The van der Waals surface area contributed by atoms with Crippen molar-refractivity contribution in [2.45, 2.75) is 26.3 Å². The lowest BCUT2D eigenvalue weighted by Crippen LogP contribution is -2.25. The molecule has 0 aliphatic heterocycles. The summed E-state index contributed by atoms with van der Waals surface area (Å²) in [7, 11) is -1.26. The second-order valence-corrected chi connectivity index (χ2v) is 6.91. The van der Waals surface area contributed by atoms with Crippen LogP contribution in [0.15, 0.2) is 4.42 Å². The van der Waals surface area contributed by atoms with Crippen molar-refractivity contribution in [1.29, 1.82) is 0 Å². The van der Waals surface area contributed by atoms with Gasteiger partial charge in [0.05, 0.1) is 11.8 Å². The van der Waals surface area contributed by atoms with Gasteiger partial charge in [0.2, 0.25) is 5.89 Å². The van der Waals surface area contributed by atoms with Gasteiger partial charge in [-0.3, -0.25) is 0 Å². The first-order chi connectivity index (χ1) is 8.83. The number of aromatic nitrogens is 2. The lowest BCUT2D eigenvalue weighted by molar-refractivity contribution is 0.417. The molecule has 0 spiro atoms. The highest BCUT2D eigenvalue weighted by molar-refractivity contribution is 7.90. The minimum absolute atomic E-state index is 0.00972. The van der Waals surface area contributed by atoms with Crippen LogP contribution in [0.2, 0.25) is 0 Å². The fourth-order valence-electron chi connectivity index (χ4n) is 1.40. The van der Waals surface area contributed by atoms with Gasteiger partial charge in [-0.15, -0.1) is 5.10 Å². The summed E-state index contributed by atoms with van der Waals surface area (Å²) in [4.78, 5) is 1.64. The van der Waals surface area contributed by atoms with Gasteiger partial charge in [0.15, 0.2) is 0 Å². The van der Waals surface area contributed by atoms with E-state index >= 15 is 0 Å². The Balaban J connectivity index is 2.58. The molecule has 1 heterocycles. The van der Waals surface area contributed by atoms with Crippen LogP contribution in [0.25, 0.3) is 0 Å². The molecule has 1 aromatic rings. The van der Waals surface area contributed by atoms with Crippen LogP contribution >= 0.6 is 0 Å². The maximum absolute atomic E-state index is 11.1. The Bertz CT molecular complexity index is 486. The largest absolute Gasteiger partial charge is 0.406 e. The summed E-state index contributed by atoms with van der Waals surface area (Å²) in [6.07, 6.45) is 2.23. The molecular formula is C11H22N4O3S. The zero-order valence-electron chi connectivity index (χ0n) is 11.9. The van der Waals surface area contributed by atoms with E-state index in [1.807, 2.05) is 6.92 Å². The first-order valence-electron chi connectivity index (χ1n) is 6.29. The van der Waals surface area contributed by atoms with E-state index in [-0.39, 0.29) is 11.8 Å². The highest BCUT2D eigenvalue weighted by atomic mass is 32.2. The average molecular weight is 290 g/mol. The molecule has 7 nitrogen and oxygen atoms in total. The summed E-state index contributed by atoms with van der Waals surface area (Å²) in [6.45, 7) is 5.24. The number of anilines is 1. The van der Waals surface area contributed by atoms with Gasteiger partial charge in [0.25, 0.3) is 0 Å². The first kappa shape index (κ1) is 15.9. The highest BCUT2D eigenvalue weighted by Gasteiger charge is 2.16. The lowest BCUT2D eigenvalue weighted by Gasteiger charge is -2.13. The van der Waals surface area contributed by atoms with Gasteiger partial charge in [-0.05, 0) is 19.9 Å². The molecule has 0 bridgehead atoms. The van der Waals surface area contributed by atoms with Gasteiger partial charge in [-0.25, -0.2) is 8.42 Å². The van der Waals surface area contributed by atoms with Crippen LogP contribution in [0.1, 0.15) is 32.2 Å². The molecule has 1 unspecified atom stereocenters. The molecule has 1 rings (SSSR count). The molecule has 1 N–H and O–H groups in total. The standard InChI is InChI=1S/C11H22N4O3S/c1-5-6-12-9(2)10-13-14-11(18-10)15(3)7-8-19(4,16)17/h9,12H,5-8H2,1-4H3. The van der Waals surface area contributed by atoms with Crippen LogP contribution < -0.4 is 10.2 Å². The van der Waals surface area contributed by atoms with E-state index < -0.39 is 9.84 Å². The van der Waals surface area contributed by atoms with Crippen molar-refractivity contribution in [1.82, 2.24) is 15.5 Å². The van der Waals surface area contributed by atoms with E-state index in [4.69, 9.17) is 4.42 Å². The van der Waals surface area contributed by atoms with E-state index in [1.54, 1.807) is 11.9 Å². The Morgan fingerprint density at radius 2 is 2.11 bits per heavy atom. The van der Waals surface area contributed by atoms with Gasteiger partial charge < -0.3 is 14.6 Å². The average Bonchev–Trinajstić information content (AvgIpc) is 2.81. The predicted molar refractivity (Wildman–Crippen MR) is 74.0 cm³/mol. The lowest BCUT2D eigenvalue weighted by atomic mass is 10.3. The minimum Gasteiger partial charge on any atom is -0.406 e. The van der Waals surface area contributed by atoms with Crippen LogP contribution in [0.3, 0.4) is 0 Å². The van der Waals surface area contributed by atoms with Crippen molar-refractivity contribution < 1.29 is 12.8 Å². The smallest absolute Gasteiger partial charge is 0.317 e. The van der Waals surface area contributed by atoms with E-state index in [0.717, 1.165) is 13.0 Å². The van der Waals surface area contributed by atoms with Gasteiger partial charge in [-0.2, -0.15) is 0 Å². The SMILES string of the molecule is CCCNC(C)c1nnc(N(C)CCS(C)(=O)=O)o1. The van der Waals surface area contributed by atoms with Crippen LogP contribution in [0.4, 0.5) is 6.01 Å². The third-order valence-corrected chi connectivity index (χ3v) is 3.55. The molecule has 0 saturated carbocycles. The second-order valence-electron chi connectivity index (χ2n) is 4.65. The summed E-state index contributed by atoms with van der Waals surface area (Å²) in [5.41, 5.74) is 0. The van der Waals surface area contributed by atoms with Gasteiger partial charge in [0, 0.05) is 19.8 Å². The third kappa shape index (κ3) is 5.56. The van der Waals surface area contributed by atoms with E-state index in [9.17, 15) is 8.42 Å². The molecule has 1 aromatic heterocycles. The summed E-state index contributed by atoms with van der Waals surface area (Å²) in [5.74, 6) is 0.569. The molecule has 1 atom stereocenters. The molecule has 8 heteroatoms. The van der Waals surface area contributed by atoms with Crippen molar-refractivity contribution in [3.63, 3.8) is 0 Å². The molecule has 0 saturated heterocycles. The van der Waals surface area contributed by atoms with Crippen LogP contribution in [0, 0.1) is 0 Å². The van der Waals surface area contributed by atoms with E-state index in [0.29, 0.717) is 18.5 Å². The molecule has 0 aliphatic rings. The topological polar surface area (TPSA) is 88.3 Å². The Hall–Kier alpha value is -1.15. The molecule has 110 valence electrons. The van der Waals surface area contributed by atoms with Crippen LogP contribution in [-0.2, 0) is 9.84 Å². The summed E-state index contributed by atoms with van der Waals surface area (Å²) in [6, 6.07) is 0.327. The number of nitrogens with zero attached hydrogens (tertiary/aromatic N) is 3. The van der Waals surface area contributed by atoms with Crippen LogP contribution in [-0.4, -0.2) is 50.8 Å². The fourth-order valence-corrected chi connectivity index (χ4v) is 2.01. The number of hydrogen-bond donors (Lipinski definition) is 1. The monoisotopic (exact) mass is 290 g/mol. The molecule has 0 radical (unpaired) electrons. The van der Waals surface area contributed by atoms with Crippen molar-refractivity contribution in [2.75, 3.05) is 37.0 Å². The summed E-state index contributed by atoms with van der Waals surface area (Å²) >= 11 is 0. The van der Waals surface area contributed by atoms with Crippen LogP contribution in [0.5, 0.6) is 0 Å². The summed E-state index contributed by atoms with van der Waals surface area (Å²) in [5, 5.41) is 11.1. The molecule has 0 amide bonds. The number of sulfone groups is 1. The Morgan fingerprint density at radius 3 is 2.68 bits per heavy atom. The molecule has 19 heavy (non-hydrogen) atoms. The minimum atomic E-state index is -2.99. The molecule has 0 fully saturated rings. The Labute approximate surface area is 114 Å². The Kier molecular flexibility index (Phi) is 5.74. The number of rotatable bonds is 8. The third-order valence-electron chi connectivity index (χ3n) is 2.62. The summed E-state index contributed by atoms with van der Waals surface area (Å²) < 4.78 is 27.7. The van der Waals surface area contributed by atoms with Crippen molar-refractivity contribution in [3.8, 4) is 0 Å². The maximum atomic E-state index is 11.1. The normalized spacial score (nSPS) is 13.5. The van der Waals surface area contributed by atoms with Gasteiger partial charge in [0.1, 0.15) is 9.84 Å². The molecule has 0 aliphatic carbocycles. The molecular weight excluding hydrogens is 268 g/mol. The van der Waals surface area contributed by atoms with Crippen molar-refractivity contribution in [2.24, 2.45) is 0 Å². The fraction of sp³-hybridized carbons (Fsp3) is 0.818. The Morgan fingerprint density at radius 1 is 1.42 bits per heavy atom. The second kappa shape index (κ2) is 6.85. The van der Waals surface area contributed by atoms with Gasteiger partial charge >= 0.3 is 6.01 Å². The van der Waals surface area contributed by atoms with Crippen molar-refractivity contribution >= 4 is 15.9 Å². The first-order valence-corrected chi connectivity index (χ1v) is 8.35. The zero-order valence-corrected chi connectivity index (χ0v) is 12.7. The van der Waals surface area contributed by atoms with Gasteiger partial charge in [-0.1, -0.05) is 12.0 Å². The maximum Gasteiger partial charge on any atom is 0.317 e.